The lowest BCUT2D eigenvalue weighted by molar-refractivity contribution is -0.143. The number of nitrogens with two attached hydrogens (primary N) is 1. The van der Waals surface area contributed by atoms with Crippen LogP contribution >= 0.6 is 0 Å². The first-order valence-corrected chi connectivity index (χ1v) is 5.61. The van der Waals surface area contributed by atoms with E-state index in [2.05, 4.69) is 0 Å². The summed E-state index contributed by atoms with van der Waals surface area (Å²) in [6.07, 6.45) is -8.16. The van der Waals surface area contributed by atoms with E-state index >= 15 is 0 Å². The van der Waals surface area contributed by atoms with Gasteiger partial charge in [-0.3, -0.25) is 0 Å². The fourth-order valence-electron chi connectivity index (χ4n) is 2.09. The van der Waals surface area contributed by atoms with Crippen LogP contribution in [0, 0.1) is 0 Å². The maximum atomic E-state index is 12.6. The molecule has 7 heteroatoms. The Balaban J connectivity index is 2.56. The summed E-state index contributed by atoms with van der Waals surface area (Å²) >= 11 is 0. The van der Waals surface area contributed by atoms with Crippen molar-refractivity contribution in [2.75, 3.05) is 0 Å². The van der Waals surface area contributed by atoms with Crippen molar-refractivity contribution in [3.8, 4) is 0 Å². The van der Waals surface area contributed by atoms with E-state index in [1.807, 2.05) is 0 Å². The van der Waals surface area contributed by atoms with Crippen LogP contribution in [0.25, 0.3) is 0 Å². The molecule has 0 aromatic heterocycles. The predicted octanol–water partition coefficient (Wildman–Crippen LogP) is 4.06. The summed E-state index contributed by atoms with van der Waals surface area (Å²) in [6, 6.07) is 1.55. The SMILES string of the molecule is NC1(c2cc(C(F)(F)F)cc(C(F)(F)F)c2)CCC1. The minimum Gasteiger partial charge on any atom is -0.321 e. The van der Waals surface area contributed by atoms with Gasteiger partial charge < -0.3 is 5.73 Å². The van der Waals surface area contributed by atoms with Crippen molar-refractivity contribution in [3.63, 3.8) is 0 Å². The molecule has 0 heterocycles. The Bertz CT molecular complexity index is 452. The topological polar surface area (TPSA) is 26.0 Å². The van der Waals surface area contributed by atoms with Gasteiger partial charge in [0.1, 0.15) is 0 Å². The number of hydrogen-bond acceptors (Lipinski definition) is 1. The second-order valence-corrected chi connectivity index (χ2v) is 4.80. The van der Waals surface area contributed by atoms with Crippen LogP contribution in [0.5, 0.6) is 0 Å². The highest BCUT2D eigenvalue weighted by molar-refractivity contribution is 5.38. The second-order valence-electron chi connectivity index (χ2n) is 4.80. The number of halogens is 6. The van der Waals surface area contributed by atoms with Gasteiger partial charge in [-0.15, -0.1) is 0 Å². The van der Waals surface area contributed by atoms with E-state index < -0.39 is 29.0 Å². The Morgan fingerprint density at radius 2 is 1.26 bits per heavy atom. The van der Waals surface area contributed by atoms with Crippen LogP contribution in [-0.2, 0) is 17.9 Å². The van der Waals surface area contributed by atoms with Crippen molar-refractivity contribution < 1.29 is 26.3 Å². The quantitative estimate of drug-likeness (QED) is 0.773. The minimum atomic E-state index is -4.82. The molecule has 0 aliphatic heterocycles. The Labute approximate surface area is 105 Å². The normalized spacial score (nSPS) is 19.1. The van der Waals surface area contributed by atoms with Crippen molar-refractivity contribution in [3.05, 3.63) is 34.9 Å². The Hall–Kier alpha value is -1.24. The average Bonchev–Trinajstić information content (AvgIpc) is 2.23. The van der Waals surface area contributed by atoms with Crippen molar-refractivity contribution >= 4 is 0 Å². The zero-order valence-corrected chi connectivity index (χ0v) is 9.70. The van der Waals surface area contributed by atoms with Crippen molar-refractivity contribution in [1.29, 1.82) is 0 Å². The van der Waals surface area contributed by atoms with Crippen LogP contribution in [0.15, 0.2) is 18.2 Å². The molecule has 0 unspecified atom stereocenters. The molecule has 1 saturated carbocycles. The highest BCUT2D eigenvalue weighted by Crippen LogP contribution is 2.43. The van der Waals surface area contributed by atoms with E-state index in [0.717, 1.165) is 0 Å². The van der Waals surface area contributed by atoms with E-state index in [-0.39, 0.29) is 11.6 Å². The first-order valence-electron chi connectivity index (χ1n) is 5.61. The fraction of sp³-hybridized carbons (Fsp3) is 0.500. The third-order valence-electron chi connectivity index (χ3n) is 3.41. The third kappa shape index (κ3) is 2.70. The van der Waals surface area contributed by atoms with Gasteiger partial charge in [-0.05, 0) is 43.0 Å². The summed E-state index contributed by atoms with van der Waals surface area (Å²) in [6.45, 7) is 0. The van der Waals surface area contributed by atoms with Crippen molar-refractivity contribution in [2.45, 2.75) is 37.2 Å². The molecule has 1 fully saturated rings. The standard InChI is InChI=1S/C12H11F6N/c13-11(14,15)8-4-7(10(19)2-1-3-10)5-9(6-8)12(16,17)18/h4-6H,1-3,19H2. The number of benzene rings is 1. The zero-order valence-electron chi connectivity index (χ0n) is 9.70. The second kappa shape index (κ2) is 4.13. The monoisotopic (exact) mass is 283 g/mol. The summed E-state index contributed by atoms with van der Waals surface area (Å²) in [5, 5.41) is 0. The molecule has 0 saturated heterocycles. The van der Waals surface area contributed by atoms with Gasteiger partial charge in [0.15, 0.2) is 0 Å². The molecule has 0 spiro atoms. The molecule has 0 amide bonds. The molecule has 106 valence electrons. The van der Waals surface area contributed by atoms with Crippen molar-refractivity contribution in [1.82, 2.24) is 0 Å². The first-order chi connectivity index (χ1) is 8.52. The number of hydrogen-bond donors (Lipinski definition) is 1. The lowest BCUT2D eigenvalue weighted by Gasteiger charge is -2.39. The molecular formula is C12H11F6N. The summed E-state index contributed by atoms with van der Waals surface area (Å²) < 4.78 is 75.8. The zero-order chi connectivity index (χ0) is 14.5. The number of rotatable bonds is 1. The van der Waals surface area contributed by atoms with E-state index in [1.54, 1.807) is 0 Å². The molecule has 0 radical (unpaired) electrons. The van der Waals surface area contributed by atoms with E-state index in [1.165, 1.54) is 0 Å². The lowest BCUT2D eigenvalue weighted by atomic mass is 9.72. The molecule has 0 atom stereocenters. The van der Waals surface area contributed by atoms with Gasteiger partial charge in [0.2, 0.25) is 0 Å². The van der Waals surface area contributed by atoms with Gasteiger partial charge in [0.25, 0.3) is 0 Å². The lowest BCUT2D eigenvalue weighted by Crippen LogP contribution is -2.43. The van der Waals surface area contributed by atoms with Crippen LogP contribution < -0.4 is 5.73 Å². The minimum absolute atomic E-state index is 0.0964. The van der Waals surface area contributed by atoms with Gasteiger partial charge in [-0.25, -0.2) is 0 Å². The summed E-state index contributed by atoms with van der Waals surface area (Å²) in [7, 11) is 0. The molecule has 0 bridgehead atoms. The van der Waals surface area contributed by atoms with Gasteiger partial charge in [-0.1, -0.05) is 0 Å². The molecule has 1 aromatic rings. The Morgan fingerprint density at radius 1 is 0.842 bits per heavy atom. The highest BCUT2D eigenvalue weighted by Gasteiger charge is 2.41. The number of alkyl halides is 6. The van der Waals surface area contributed by atoms with Gasteiger partial charge >= 0.3 is 12.4 Å². The van der Waals surface area contributed by atoms with Crippen LogP contribution in [-0.4, -0.2) is 0 Å². The summed E-state index contributed by atoms with van der Waals surface area (Å²) in [5.41, 5.74) is 2.03. The summed E-state index contributed by atoms with van der Waals surface area (Å²) in [4.78, 5) is 0. The average molecular weight is 283 g/mol. The fourth-order valence-corrected chi connectivity index (χ4v) is 2.09. The highest BCUT2D eigenvalue weighted by atomic mass is 19.4. The van der Waals surface area contributed by atoms with Crippen LogP contribution in [0.3, 0.4) is 0 Å². The van der Waals surface area contributed by atoms with E-state index in [0.29, 0.717) is 31.4 Å². The molecule has 1 aliphatic rings. The first kappa shape index (κ1) is 14.2. The maximum Gasteiger partial charge on any atom is 0.416 e. The van der Waals surface area contributed by atoms with Crippen LogP contribution in [0.2, 0.25) is 0 Å². The third-order valence-corrected chi connectivity index (χ3v) is 3.41. The van der Waals surface area contributed by atoms with E-state index in [9.17, 15) is 26.3 Å². The molecule has 1 aromatic carbocycles. The van der Waals surface area contributed by atoms with Crippen LogP contribution in [0.4, 0.5) is 26.3 Å². The maximum absolute atomic E-state index is 12.6. The molecule has 2 N–H and O–H groups in total. The molecule has 1 aliphatic carbocycles. The van der Waals surface area contributed by atoms with Gasteiger partial charge in [-0.2, -0.15) is 26.3 Å². The van der Waals surface area contributed by atoms with E-state index in [4.69, 9.17) is 5.73 Å². The van der Waals surface area contributed by atoms with Crippen LogP contribution in [0.1, 0.15) is 36.0 Å². The molecule has 19 heavy (non-hydrogen) atoms. The Morgan fingerprint density at radius 3 is 1.53 bits per heavy atom. The predicted molar refractivity (Wildman–Crippen MR) is 56.2 cm³/mol. The molecular weight excluding hydrogens is 272 g/mol. The summed E-state index contributed by atoms with van der Waals surface area (Å²) in [5.74, 6) is 0. The van der Waals surface area contributed by atoms with Gasteiger partial charge in [0.05, 0.1) is 11.1 Å². The van der Waals surface area contributed by atoms with Crippen molar-refractivity contribution in [2.24, 2.45) is 5.73 Å². The molecule has 1 nitrogen and oxygen atoms in total. The largest absolute Gasteiger partial charge is 0.416 e. The Kier molecular flexibility index (Phi) is 3.08. The van der Waals surface area contributed by atoms with Gasteiger partial charge in [0, 0.05) is 5.54 Å². The molecule has 2 rings (SSSR count). The smallest absolute Gasteiger partial charge is 0.321 e.